The molecule has 6 heteroatoms. The van der Waals surface area contributed by atoms with Crippen LogP contribution < -0.4 is 0 Å². The number of likely N-dealkylation sites (tertiary alicyclic amines) is 1. The average Bonchev–Trinajstić information content (AvgIpc) is 2.83. The van der Waals surface area contributed by atoms with Gasteiger partial charge in [-0.2, -0.15) is 0 Å². The number of aliphatic hydroxyl groups excluding tert-OH is 1. The van der Waals surface area contributed by atoms with Gasteiger partial charge in [0.2, 0.25) is 5.82 Å². The number of hydrogen-bond acceptors (Lipinski definition) is 5. The Morgan fingerprint density at radius 1 is 1.44 bits per heavy atom. The molecular formula is C12H18N4O2. The molecule has 2 atom stereocenters. The summed E-state index contributed by atoms with van der Waals surface area (Å²) in [6.07, 6.45) is 3.12. The predicted molar refractivity (Wildman–Crippen MR) is 66.0 cm³/mol. The van der Waals surface area contributed by atoms with E-state index in [4.69, 9.17) is 0 Å². The molecule has 0 bridgehead atoms. The van der Waals surface area contributed by atoms with Gasteiger partial charge in [0.25, 0.3) is 5.91 Å². The molecule has 0 spiro atoms. The fourth-order valence-corrected chi connectivity index (χ4v) is 2.34. The smallest absolute Gasteiger partial charge is 0.291 e. The summed E-state index contributed by atoms with van der Waals surface area (Å²) in [6.45, 7) is 1.24. The minimum atomic E-state index is -0.168. The van der Waals surface area contributed by atoms with E-state index in [0.717, 1.165) is 0 Å². The molecular weight excluding hydrogens is 232 g/mol. The Balaban J connectivity index is 2.10. The van der Waals surface area contributed by atoms with Crippen molar-refractivity contribution in [2.75, 3.05) is 33.8 Å². The Morgan fingerprint density at radius 3 is 2.61 bits per heavy atom. The zero-order chi connectivity index (χ0) is 13.1. The van der Waals surface area contributed by atoms with Crippen LogP contribution >= 0.6 is 0 Å². The molecule has 0 radical (unpaired) electrons. The summed E-state index contributed by atoms with van der Waals surface area (Å²) in [6, 6.07) is 1.86. The van der Waals surface area contributed by atoms with Gasteiger partial charge in [-0.05, 0) is 20.2 Å². The molecule has 1 saturated heterocycles. The molecule has 0 aromatic carbocycles. The fourth-order valence-electron chi connectivity index (χ4n) is 2.34. The number of aliphatic hydroxyl groups is 1. The maximum Gasteiger partial charge on any atom is 0.291 e. The number of aromatic nitrogens is 2. The lowest BCUT2D eigenvalue weighted by atomic mass is 10.0. The summed E-state index contributed by atoms with van der Waals surface area (Å²) < 4.78 is 0. The second-order valence-electron chi connectivity index (χ2n) is 4.76. The summed E-state index contributed by atoms with van der Waals surface area (Å²) in [5.74, 6) is 0.139. The van der Waals surface area contributed by atoms with Crippen LogP contribution in [0.3, 0.4) is 0 Å². The Morgan fingerprint density at radius 2 is 2.11 bits per heavy atom. The molecule has 1 aromatic rings. The van der Waals surface area contributed by atoms with E-state index in [0.29, 0.717) is 13.1 Å². The summed E-state index contributed by atoms with van der Waals surface area (Å²) >= 11 is 0. The maximum atomic E-state index is 12.2. The predicted octanol–water partition coefficient (Wildman–Crippen LogP) is -0.529. The minimum absolute atomic E-state index is 0.0856. The number of carbonyl (C=O) groups excluding carboxylic acids is 1. The van der Waals surface area contributed by atoms with Crippen molar-refractivity contribution < 1.29 is 9.90 Å². The highest BCUT2D eigenvalue weighted by Gasteiger charge is 2.36. The van der Waals surface area contributed by atoms with Gasteiger partial charge in [-0.15, -0.1) is 0 Å². The van der Waals surface area contributed by atoms with Crippen LogP contribution in [-0.4, -0.2) is 70.6 Å². The first kappa shape index (κ1) is 12.9. The Labute approximate surface area is 106 Å². The van der Waals surface area contributed by atoms with Crippen LogP contribution in [0, 0.1) is 5.92 Å². The first-order chi connectivity index (χ1) is 8.63. The van der Waals surface area contributed by atoms with E-state index in [1.54, 1.807) is 23.4 Å². The van der Waals surface area contributed by atoms with E-state index in [1.807, 2.05) is 19.0 Å². The molecule has 1 aliphatic heterocycles. The number of rotatable bonds is 3. The molecule has 1 fully saturated rings. The van der Waals surface area contributed by atoms with Crippen LogP contribution in [0.5, 0.6) is 0 Å². The van der Waals surface area contributed by atoms with Crippen LogP contribution in [-0.2, 0) is 0 Å². The summed E-state index contributed by atoms with van der Waals surface area (Å²) in [4.78, 5) is 23.9. The molecule has 1 N–H and O–H groups in total. The number of nitrogens with zero attached hydrogens (tertiary/aromatic N) is 4. The van der Waals surface area contributed by atoms with Gasteiger partial charge in [0.15, 0.2) is 0 Å². The first-order valence-electron chi connectivity index (χ1n) is 5.97. The van der Waals surface area contributed by atoms with Crippen LogP contribution in [0.2, 0.25) is 0 Å². The molecule has 1 aromatic heterocycles. The number of hydrogen-bond donors (Lipinski definition) is 1. The van der Waals surface area contributed by atoms with Gasteiger partial charge in [-0.1, -0.05) is 0 Å². The van der Waals surface area contributed by atoms with E-state index < -0.39 is 0 Å². The highest BCUT2D eigenvalue weighted by Crippen LogP contribution is 2.21. The van der Waals surface area contributed by atoms with Gasteiger partial charge < -0.3 is 14.9 Å². The van der Waals surface area contributed by atoms with Crippen molar-refractivity contribution in [3.8, 4) is 0 Å². The number of amides is 1. The van der Waals surface area contributed by atoms with Gasteiger partial charge in [0, 0.05) is 44.0 Å². The quantitative estimate of drug-likeness (QED) is 0.781. The molecule has 0 saturated carbocycles. The van der Waals surface area contributed by atoms with E-state index >= 15 is 0 Å². The monoisotopic (exact) mass is 250 g/mol. The van der Waals surface area contributed by atoms with Gasteiger partial charge in [0.1, 0.15) is 0 Å². The van der Waals surface area contributed by atoms with Crippen LogP contribution in [0.4, 0.5) is 0 Å². The van der Waals surface area contributed by atoms with Gasteiger partial charge in [0.05, 0.1) is 0 Å². The molecule has 2 rings (SSSR count). The normalized spacial score (nSPS) is 23.7. The van der Waals surface area contributed by atoms with Crippen LogP contribution in [0.15, 0.2) is 18.5 Å². The maximum absolute atomic E-state index is 12.2. The molecule has 0 aliphatic carbocycles. The summed E-state index contributed by atoms with van der Waals surface area (Å²) in [5, 5.41) is 9.36. The lowest BCUT2D eigenvalue weighted by Gasteiger charge is -2.23. The van der Waals surface area contributed by atoms with Crippen molar-refractivity contribution in [3.05, 3.63) is 24.3 Å². The van der Waals surface area contributed by atoms with Gasteiger partial charge >= 0.3 is 0 Å². The number of carbonyl (C=O) groups is 1. The Hall–Kier alpha value is -1.53. The molecule has 6 nitrogen and oxygen atoms in total. The summed E-state index contributed by atoms with van der Waals surface area (Å²) in [5.41, 5.74) is 0. The van der Waals surface area contributed by atoms with Crippen molar-refractivity contribution in [3.63, 3.8) is 0 Å². The standard InChI is InChI=1S/C12H18N4O2/c1-15(2)10-7-16(6-9(10)8-17)12(18)11-13-4-3-5-14-11/h3-5,9-10,17H,6-8H2,1-2H3/t9-,10+/m0/s1. The molecule has 2 heterocycles. The second kappa shape index (κ2) is 5.41. The van der Waals surface area contributed by atoms with Crippen molar-refractivity contribution in [2.45, 2.75) is 6.04 Å². The van der Waals surface area contributed by atoms with Gasteiger partial charge in [-0.3, -0.25) is 4.79 Å². The lowest BCUT2D eigenvalue weighted by Crippen LogP contribution is -2.37. The van der Waals surface area contributed by atoms with Crippen LogP contribution in [0.25, 0.3) is 0 Å². The van der Waals surface area contributed by atoms with Gasteiger partial charge in [-0.25, -0.2) is 9.97 Å². The number of likely N-dealkylation sites (N-methyl/N-ethyl adjacent to an activating group) is 1. The fraction of sp³-hybridized carbons (Fsp3) is 0.583. The lowest BCUT2D eigenvalue weighted by molar-refractivity contribution is 0.0766. The highest BCUT2D eigenvalue weighted by molar-refractivity contribution is 5.90. The zero-order valence-corrected chi connectivity index (χ0v) is 10.7. The van der Waals surface area contributed by atoms with Crippen molar-refractivity contribution >= 4 is 5.91 Å². The zero-order valence-electron chi connectivity index (χ0n) is 10.7. The van der Waals surface area contributed by atoms with Crippen LogP contribution in [0.1, 0.15) is 10.6 Å². The SMILES string of the molecule is CN(C)[C@@H]1CN(C(=O)c2ncccn2)C[C@H]1CO. The molecule has 18 heavy (non-hydrogen) atoms. The van der Waals surface area contributed by atoms with Crippen molar-refractivity contribution in [2.24, 2.45) is 5.92 Å². The van der Waals surface area contributed by atoms with E-state index in [1.165, 1.54) is 0 Å². The molecule has 0 unspecified atom stereocenters. The minimum Gasteiger partial charge on any atom is -0.396 e. The van der Waals surface area contributed by atoms with E-state index in [9.17, 15) is 9.90 Å². The average molecular weight is 250 g/mol. The van der Waals surface area contributed by atoms with Crippen molar-refractivity contribution in [1.82, 2.24) is 19.8 Å². The van der Waals surface area contributed by atoms with Crippen molar-refractivity contribution in [1.29, 1.82) is 0 Å². The molecule has 1 amide bonds. The second-order valence-corrected chi connectivity index (χ2v) is 4.76. The third-order valence-corrected chi connectivity index (χ3v) is 3.35. The Bertz CT molecular complexity index is 410. The van der Waals surface area contributed by atoms with E-state index in [2.05, 4.69) is 9.97 Å². The summed E-state index contributed by atoms with van der Waals surface area (Å²) in [7, 11) is 3.92. The topological polar surface area (TPSA) is 69.6 Å². The highest BCUT2D eigenvalue weighted by atomic mass is 16.3. The first-order valence-corrected chi connectivity index (χ1v) is 5.97. The molecule has 98 valence electrons. The third-order valence-electron chi connectivity index (χ3n) is 3.35. The van der Waals surface area contributed by atoms with E-state index in [-0.39, 0.29) is 30.3 Å². The third kappa shape index (κ3) is 2.49. The Kier molecular flexibility index (Phi) is 3.88. The molecule has 1 aliphatic rings. The largest absolute Gasteiger partial charge is 0.396 e.